The van der Waals surface area contributed by atoms with Crippen LogP contribution in [0.1, 0.15) is 61.9 Å². The normalized spacial score (nSPS) is 16.6. The monoisotopic (exact) mass is 386 g/mol. The van der Waals surface area contributed by atoms with Gasteiger partial charge in [-0.15, -0.1) is 0 Å². The Morgan fingerprint density at radius 3 is 2.61 bits per heavy atom. The van der Waals surface area contributed by atoms with Crippen LogP contribution in [0, 0.1) is 0 Å². The fourth-order valence-corrected chi connectivity index (χ4v) is 4.05. The van der Waals surface area contributed by atoms with Crippen molar-refractivity contribution in [3.8, 4) is 0 Å². The first-order valence-electron chi connectivity index (χ1n) is 10.2. The number of fused-ring (bicyclic) bond motifs is 1. The highest BCUT2D eigenvalue weighted by Gasteiger charge is 2.25. The zero-order valence-corrected chi connectivity index (χ0v) is 16.7. The van der Waals surface area contributed by atoms with Crippen molar-refractivity contribution in [2.24, 2.45) is 0 Å². The van der Waals surface area contributed by atoms with Crippen molar-refractivity contribution in [1.82, 2.24) is 16.0 Å². The largest absolute Gasteiger partial charge is 0.362 e. The molecule has 0 spiro atoms. The summed E-state index contributed by atoms with van der Waals surface area (Å²) in [6.07, 6.45) is 5.86. The first-order chi connectivity index (χ1) is 13.4. The van der Waals surface area contributed by atoms with Crippen LogP contribution in [0.3, 0.4) is 0 Å². The van der Waals surface area contributed by atoms with E-state index in [0.29, 0.717) is 5.56 Å². The Labute approximate surface area is 166 Å². The summed E-state index contributed by atoms with van der Waals surface area (Å²) in [5.74, 6) is -0.422. The highest BCUT2D eigenvalue weighted by molar-refractivity contribution is 5.99. The first kappa shape index (κ1) is 20.2. The van der Waals surface area contributed by atoms with Crippen molar-refractivity contribution < 1.29 is 14.4 Å². The number of hydrogen-bond donors (Lipinski definition) is 3. The Morgan fingerprint density at radius 2 is 1.89 bits per heavy atom. The minimum absolute atomic E-state index is 0.0622. The summed E-state index contributed by atoms with van der Waals surface area (Å²) in [6.45, 7) is 4.68. The summed E-state index contributed by atoms with van der Waals surface area (Å²) in [5.41, 5.74) is 2.53. The topological polar surface area (TPSA) is 90.5 Å². The van der Waals surface area contributed by atoms with Crippen LogP contribution in [0.5, 0.6) is 0 Å². The molecule has 2 aliphatic rings. The number of carbonyl (C=O) groups is 3. The number of nitrogens with zero attached hydrogens (tertiary/aromatic N) is 1. The van der Waals surface area contributed by atoms with Crippen LogP contribution in [0.4, 0.5) is 10.5 Å². The fourth-order valence-electron chi connectivity index (χ4n) is 4.05. The third kappa shape index (κ3) is 5.03. The van der Waals surface area contributed by atoms with Gasteiger partial charge in [-0.25, -0.2) is 4.79 Å². The Bertz CT molecular complexity index is 741. The molecule has 0 unspecified atom stereocenters. The first-order valence-corrected chi connectivity index (χ1v) is 10.2. The van der Waals surface area contributed by atoms with Gasteiger partial charge < -0.3 is 15.5 Å². The van der Waals surface area contributed by atoms with Gasteiger partial charge in [-0.3, -0.25) is 14.9 Å². The maximum absolute atomic E-state index is 12.5. The molecule has 1 fully saturated rings. The molecule has 0 aromatic heterocycles. The van der Waals surface area contributed by atoms with Gasteiger partial charge in [-0.2, -0.15) is 0 Å². The van der Waals surface area contributed by atoms with E-state index in [4.69, 9.17) is 0 Å². The molecule has 1 aromatic rings. The van der Waals surface area contributed by atoms with Crippen molar-refractivity contribution in [1.29, 1.82) is 0 Å². The van der Waals surface area contributed by atoms with Crippen molar-refractivity contribution in [2.75, 3.05) is 18.0 Å². The molecular weight excluding hydrogens is 356 g/mol. The van der Waals surface area contributed by atoms with Crippen molar-refractivity contribution in [3.05, 3.63) is 29.3 Å². The van der Waals surface area contributed by atoms with Crippen LogP contribution in [0.15, 0.2) is 18.2 Å². The highest BCUT2D eigenvalue weighted by Crippen LogP contribution is 2.29. The number of urea groups is 1. The molecule has 1 heterocycles. The number of carbonyl (C=O) groups excluding carboxylic acids is 3. The van der Waals surface area contributed by atoms with Crippen LogP contribution in [-0.2, 0) is 11.2 Å². The summed E-state index contributed by atoms with van der Waals surface area (Å²) in [5, 5.41) is 8.24. The van der Waals surface area contributed by atoms with Crippen LogP contribution in [0.25, 0.3) is 0 Å². The van der Waals surface area contributed by atoms with Crippen LogP contribution < -0.4 is 20.9 Å². The molecule has 3 N–H and O–H groups in total. The van der Waals surface area contributed by atoms with Crippen LogP contribution in [0.2, 0.25) is 0 Å². The van der Waals surface area contributed by atoms with E-state index in [1.807, 2.05) is 36.9 Å². The van der Waals surface area contributed by atoms with E-state index >= 15 is 0 Å². The van der Waals surface area contributed by atoms with Crippen molar-refractivity contribution >= 4 is 23.5 Å². The highest BCUT2D eigenvalue weighted by atomic mass is 16.2. The van der Waals surface area contributed by atoms with Gasteiger partial charge in [0.05, 0.1) is 6.54 Å². The van der Waals surface area contributed by atoms with E-state index in [0.717, 1.165) is 56.3 Å². The summed E-state index contributed by atoms with van der Waals surface area (Å²) in [6, 6.07) is 5.43. The summed E-state index contributed by atoms with van der Waals surface area (Å²) >= 11 is 0. The van der Waals surface area contributed by atoms with E-state index in [9.17, 15) is 14.4 Å². The average molecular weight is 386 g/mol. The van der Waals surface area contributed by atoms with Gasteiger partial charge in [0.2, 0.25) is 5.91 Å². The molecule has 0 radical (unpaired) electrons. The molecule has 7 nitrogen and oxygen atoms in total. The third-order valence-electron chi connectivity index (χ3n) is 5.29. The SMILES string of the molecule is CC(C)NC(=O)c1cccc2c1CCCN2CC(=O)NC(=O)NC1CCCC1. The molecule has 152 valence electrons. The Hall–Kier alpha value is -2.57. The van der Waals surface area contributed by atoms with Gasteiger partial charge in [0, 0.05) is 29.9 Å². The second-order valence-corrected chi connectivity index (χ2v) is 7.96. The Morgan fingerprint density at radius 1 is 1.14 bits per heavy atom. The number of imide groups is 1. The lowest BCUT2D eigenvalue weighted by Crippen LogP contribution is -2.47. The molecule has 4 amide bonds. The molecule has 1 aromatic carbocycles. The number of rotatable bonds is 5. The second-order valence-electron chi connectivity index (χ2n) is 7.96. The van der Waals surface area contributed by atoms with Gasteiger partial charge in [0.15, 0.2) is 0 Å². The predicted octanol–water partition coefficient (Wildman–Crippen LogP) is 2.35. The number of benzene rings is 1. The van der Waals surface area contributed by atoms with E-state index in [1.54, 1.807) is 0 Å². The maximum Gasteiger partial charge on any atom is 0.321 e. The summed E-state index contributed by atoms with van der Waals surface area (Å²) < 4.78 is 0. The smallest absolute Gasteiger partial charge is 0.321 e. The molecule has 1 aliphatic heterocycles. The molecular formula is C21H30N4O3. The number of amides is 4. The fraction of sp³-hybridized carbons (Fsp3) is 0.571. The van der Waals surface area contributed by atoms with E-state index in [-0.39, 0.29) is 30.4 Å². The zero-order valence-electron chi connectivity index (χ0n) is 16.7. The molecule has 0 saturated heterocycles. The van der Waals surface area contributed by atoms with Crippen LogP contribution in [-0.4, -0.2) is 43.0 Å². The lowest BCUT2D eigenvalue weighted by molar-refractivity contribution is -0.118. The van der Waals surface area contributed by atoms with E-state index < -0.39 is 6.03 Å². The van der Waals surface area contributed by atoms with E-state index in [1.165, 1.54) is 0 Å². The van der Waals surface area contributed by atoms with Crippen molar-refractivity contribution in [2.45, 2.75) is 64.5 Å². The van der Waals surface area contributed by atoms with Gasteiger partial charge in [0.1, 0.15) is 0 Å². The Kier molecular flexibility index (Phi) is 6.54. The standard InChI is InChI=1S/C21H30N4O3/c1-14(2)22-20(27)17-9-5-11-18-16(17)10-6-12-25(18)13-19(26)24-21(28)23-15-7-3-4-8-15/h5,9,11,14-15H,3-4,6-8,10,12-13H2,1-2H3,(H,22,27)(H2,23,24,26,28). The van der Waals surface area contributed by atoms with Crippen molar-refractivity contribution in [3.63, 3.8) is 0 Å². The lowest BCUT2D eigenvalue weighted by Gasteiger charge is -2.32. The predicted molar refractivity (Wildman–Crippen MR) is 109 cm³/mol. The second kappa shape index (κ2) is 9.08. The quantitative estimate of drug-likeness (QED) is 0.724. The minimum Gasteiger partial charge on any atom is -0.362 e. The summed E-state index contributed by atoms with van der Waals surface area (Å²) in [4.78, 5) is 38.9. The maximum atomic E-state index is 12.5. The zero-order chi connectivity index (χ0) is 20.1. The van der Waals surface area contributed by atoms with E-state index in [2.05, 4.69) is 16.0 Å². The molecule has 7 heteroatoms. The molecule has 0 atom stereocenters. The van der Waals surface area contributed by atoms with Crippen LogP contribution >= 0.6 is 0 Å². The average Bonchev–Trinajstić information content (AvgIpc) is 3.13. The molecule has 1 aliphatic carbocycles. The number of anilines is 1. The molecule has 3 rings (SSSR count). The Balaban J connectivity index is 1.64. The number of nitrogens with one attached hydrogen (secondary N) is 3. The third-order valence-corrected chi connectivity index (χ3v) is 5.29. The summed E-state index contributed by atoms with van der Waals surface area (Å²) in [7, 11) is 0. The van der Waals surface area contributed by atoms with Gasteiger partial charge in [-0.1, -0.05) is 18.9 Å². The minimum atomic E-state index is -0.417. The number of hydrogen-bond acceptors (Lipinski definition) is 4. The molecule has 1 saturated carbocycles. The molecule has 28 heavy (non-hydrogen) atoms. The lowest BCUT2D eigenvalue weighted by atomic mass is 9.95. The van der Waals surface area contributed by atoms with Gasteiger partial charge >= 0.3 is 6.03 Å². The van der Waals surface area contributed by atoms with Gasteiger partial charge in [0.25, 0.3) is 5.91 Å². The molecule has 0 bridgehead atoms. The van der Waals surface area contributed by atoms with Gasteiger partial charge in [-0.05, 0) is 57.2 Å².